The van der Waals surface area contributed by atoms with Crippen LogP contribution in [0.2, 0.25) is 5.02 Å². The van der Waals surface area contributed by atoms with Crippen molar-refractivity contribution in [2.24, 2.45) is 0 Å². The molecule has 2 nitrogen and oxygen atoms in total. The minimum absolute atomic E-state index is 0.000862. The maximum atomic E-state index is 13.1. The number of alkyl halides is 1. The van der Waals surface area contributed by atoms with Crippen LogP contribution in [0.1, 0.15) is 18.1 Å². The van der Waals surface area contributed by atoms with Gasteiger partial charge in [-0.15, -0.1) is 0 Å². The lowest BCUT2D eigenvalue weighted by Crippen LogP contribution is -2.18. The molecule has 0 aliphatic heterocycles. The van der Waals surface area contributed by atoms with Gasteiger partial charge in [-0.25, -0.2) is 4.39 Å². The Hall–Kier alpha value is -0.160. The average molecular weight is 298 g/mol. The monoisotopic (exact) mass is 296 g/mol. The van der Waals surface area contributed by atoms with E-state index >= 15 is 0 Å². The van der Waals surface area contributed by atoms with E-state index in [-0.39, 0.29) is 5.02 Å². The fraction of sp³-hybridized carbons (Fsp3) is 0.400. The molecule has 0 aliphatic rings. The lowest BCUT2D eigenvalue weighted by atomic mass is 10.0. The predicted molar refractivity (Wildman–Crippen MR) is 60.8 cm³/mol. The maximum Gasteiger partial charge on any atom is 0.142 e. The highest BCUT2D eigenvalue weighted by atomic mass is 79.9. The van der Waals surface area contributed by atoms with Crippen LogP contribution in [0.4, 0.5) is 4.39 Å². The average Bonchev–Trinajstić information content (AvgIpc) is 2.21. The first-order chi connectivity index (χ1) is 7.06. The number of benzene rings is 1. The van der Waals surface area contributed by atoms with Crippen LogP contribution < -0.4 is 0 Å². The van der Waals surface area contributed by atoms with E-state index in [0.717, 1.165) is 6.07 Å². The van der Waals surface area contributed by atoms with Crippen molar-refractivity contribution < 1.29 is 14.6 Å². The van der Waals surface area contributed by atoms with Crippen LogP contribution in [0.15, 0.2) is 18.2 Å². The second-order valence-corrected chi connectivity index (χ2v) is 4.36. The molecular weight excluding hydrogens is 286 g/mol. The zero-order valence-electron chi connectivity index (χ0n) is 7.83. The quantitative estimate of drug-likeness (QED) is 0.839. The van der Waals surface area contributed by atoms with E-state index in [0.29, 0.717) is 17.3 Å². The molecule has 0 fully saturated rings. The summed E-state index contributed by atoms with van der Waals surface area (Å²) < 4.78 is 13.1. The largest absolute Gasteiger partial charge is 0.390 e. The molecule has 15 heavy (non-hydrogen) atoms. The molecule has 0 amide bonds. The third-order valence-electron chi connectivity index (χ3n) is 2.05. The summed E-state index contributed by atoms with van der Waals surface area (Å²) in [4.78, 5) is 0. The summed E-state index contributed by atoms with van der Waals surface area (Å²) in [6.45, 7) is 0. The lowest BCUT2D eigenvalue weighted by molar-refractivity contribution is 0.0172. The van der Waals surface area contributed by atoms with Crippen molar-refractivity contribution in [3.05, 3.63) is 34.6 Å². The third-order valence-corrected chi connectivity index (χ3v) is 2.82. The molecular formula is C10H11BrClFO2. The number of halogens is 3. The summed E-state index contributed by atoms with van der Waals surface area (Å²) in [5.74, 6) is -0.598. The Morgan fingerprint density at radius 2 is 2.07 bits per heavy atom. The number of aliphatic hydroxyl groups is 2. The van der Waals surface area contributed by atoms with Crippen molar-refractivity contribution in [3.63, 3.8) is 0 Å². The van der Waals surface area contributed by atoms with E-state index in [1.807, 2.05) is 0 Å². The highest BCUT2D eigenvalue weighted by Crippen LogP contribution is 2.23. The summed E-state index contributed by atoms with van der Waals surface area (Å²) in [6.07, 6.45) is -1.61. The minimum Gasteiger partial charge on any atom is -0.390 e. The standard InChI is InChI=1S/C10H11BrClFO2/c11-4-3-9(14)10(15)6-1-2-7(12)8(13)5-6/h1-2,5,9-10,14-15H,3-4H2. The van der Waals surface area contributed by atoms with Crippen LogP contribution in [-0.2, 0) is 0 Å². The normalized spacial score (nSPS) is 15.0. The van der Waals surface area contributed by atoms with Gasteiger partial charge in [0.15, 0.2) is 0 Å². The molecule has 1 aromatic rings. The van der Waals surface area contributed by atoms with Gasteiger partial charge in [0.2, 0.25) is 0 Å². The van der Waals surface area contributed by atoms with E-state index in [4.69, 9.17) is 11.6 Å². The molecule has 1 aromatic carbocycles. The molecule has 1 rings (SSSR count). The Morgan fingerprint density at radius 3 is 2.60 bits per heavy atom. The van der Waals surface area contributed by atoms with E-state index in [9.17, 15) is 14.6 Å². The van der Waals surface area contributed by atoms with Gasteiger partial charge >= 0.3 is 0 Å². The first kappa shape index (κ1) is 12.9. The summed E-state index contributed by atoms with van der Waals surface area (Å²) in [7, 11) is 0. The van der Waals surface area contributed by atoms with Gasteiger partial charge in [-0.2, -0.15) is 0 Å². The van der Waals surface area contributed by atoms with Gasteiger partial charge in [0.05, 0.1) is 11.1 Å². The number of rotatable bonds is 4. The highest BCUT2D eigenvalue weighted by Gasteiger charge is 2.18. The van der Waals surface area contributed by atoms with Gasteiger partial charge in [-0.1, -0.05) is 33.6 Å². The summed E-state index contributed by atoms with van der Waals surface area (Å²) >= 11 is 8.65. The van der Waals surface area contributed by atoms with Crippen LogP contribution in [0.5, 0.6) is 0 Å². The fourth-order valence-corrected chi connectivity index (χ4v) is 1.77. The zero-order chi connectivity index (χ0) is 11.4. The maximum absolute atomic E-state index is 13.1. The Bertz CT molecular complexity index is 335. The second kappa shape index (κ2) is 5.80. The molecule has 84 valence electrons. The van der Waals surface area contributed by atoms with Crippen LogP contribution >= 0.6 is 27.5 Å². The molecule has 2 N–H and O–H groups in total. The first-order valence-electron chi connectivity index (χ1n) is 4.43. The molecule has 0 aromatic heterocycles. The van der Waals surface area contributed by atoms with E-state index in [1.54, 1.807) is 0 Å². The topological polar surface area (TPSA) is 40.5 Å². The van der Waals surface area contributed by atoms with Crippen molar-refractivity contribution >= 4 is 27.5 Å². The summed E-state index contributed by atoms with van der Waals surface area (Å²) in [5.41, 5.74) is 0.324. The van der Waals surface area contributed by atoms with Gasteiger partial charge in [0, 0.05) is 5.33 Å². The van der Waals surface area contributed by atoms with Gasteiger partial charge in [-0.05, 0) is 24.1 Å². The number of aliphatic hydroxyl groups excluding tert-OH is 2. The second-order valence-electron chi connectivity index (χ2n) is 3.16. The van der Waals surface area contributed by atoms with Gasteiger partial charge in [0.25, 0.3) is 0 Å². The number of hydrogen-bond acceptors (Lipinski definition) is 2. The molecule has 0 aliphatic carbocycles. The first-order valence-corrected chi connectivity index (χ1v) is 5.93. The molecule has 0 spiro atoms. The highest BCUT2D eigenvalue weighted by molar-refractivity contribution is 9.09. The van der Waals surface area contributed by atoms with Crippen molar-refractivity contribution in [1.29, 1.82) is 0 Å². The summed E-state index contributed by atoms with van der Waals surface area (Å²) in [5, 5.41) is 19.7. The van der Waals surface area contributed by atoms with Crippen LogP contribution in [-0.4, -0.2) is 21.6 Å². The van der Waals surface area contributed by atoms with Crippen molar-refractivity contribution in [2.75, 3.05) is 5.33 Å². The summed E-state index contributed by atoms with van der Waals surface area (Å²) in [6, 6.07) is 3.98. The van der Waals surface area contributed by atoms with Crippen molar-refractivity contribution in [1.82, 2.24) is 0 Å². The molecule has 0 saturated heterocycles. The van der Waals surface area contributed by atoms with E-state index < -0.39 is 18.0 Å². The van der Waals surface area contributed by atoms with Gasteiger partial charge in [0.1, 0.15) is 11.9 Å². The Labute approximate surface area is 101 Å². The Kier molecular flexibility index (Phi) is 4.99. The molecule has 0 bridgehead atoms. The fourth-order valence-electron chi connectivity index (χ4n) is 1.19. The Balaban J connectivity index is 2.81. The molecule has 2 unspecified atom stereocenters. The minimum atomic E-state index is -1.09. The predicted octanol–water partition coefficient (Wildman–Crippen LogP) is 2.66. The Morgan fingerprint density at radius 1 is 1.40 bits per heavy atom. The molecule has 0 radical (unpaired) electrons. The van der Waals surface area contributed by atoms with Crippen LogP contribution in [0, 0.1) is 5.82 Å². The van der Waals surface area contributed by atoms with E-state index in [2.05, 4.69) is 15.9 Å². The lowest BCUT2D eigenvalue weighted by Gasteiger charge is -2.17. The van der Waals surface area contributed by atoms with Crippen LogP contribution in [0.3, 0.4) is 0 Å². The molecule has 5 heteroatoms. The molecule has 2 atom stereocenters. The van der Waals surface area contributed by atoms with Crippen molar-refractivity contribution in [2.45, 2.75) is 18.6 Å². The smallest absolute Gasteiger partial charge is 0.142 e. The van der Waals surface area contributed by atoms with Crippen LogP contribution in [0.25, 0.3) is 0 Å². The van der Waals surface area contributed by atoms with Crippen molar-refractivity contribution in [3.8, 4) is 0 Å². The third kappa shape index (κ3) is 3.41. The number of hydrogen-bond donors (Lipinski definition) is 2. The molecule has 0 heterocycles. The van der Waals surface area contributed by atoms with Gasteiger partial charge in [-0.3, -0.25) is 0 Å². The SMILES string of the molecule is OC(CCBr)C(O)c1ccc(Cl)c(F)c1. The van der Waals surface area contributed by atoms with E-state index in [1.165, 1.54) is 12.1 Å². The zero-order valence-corrected chi connectivity index (χ0v) is 10.2. The van der Waals surface area contributed by atoms with Gasteiger partial charge < -0.3 is 10.2 Å². The molecule has 0 saturated carbocycles.